The highest BCUT2D eigenvalue weighted by Gasteiger charge is 2.08. The van der Waals surface area contributed by atoms with E-state index in [-0.39, 0.29) is 5.82 Å². The molecule has 1 unspecified atom stereocenters. The van der Waals surface area contributed by atoms with Crippen molar-refractivity contribution in [2.45, 2.75) is 31.6 Å². The fourth-order valence-corrected chi connectivity index (χ4v) is 2.60. The van der Waals surface area contributed by atoms with Crippen molar-refractivity contribution in [3.8, 4) is 0 Å². The molecular formula is C12H16BrFOS. The van der Waals surface area contributed by atoms with E-state index in [0.29, 0.717) is 21.9 Å². The third-order valence-corrected chi connectivity index (χ3v) is 3.72. The maximum absolute atomic E-state index is 13.1. The summed E-state index contributed by atoms with van der Waals surface area (Å²) in [4.78, 5) is 0. The molecule has 1 aromatic carbocycles. The molecule has 0 saturated carbocycles. The quantitative estimate of drug-likeness (QED) is 0.896. The highest BCUT2D eigenvalue weighted by molar-refractivity contribution is 9.10. The molecule has 0 fully saturated rings. The van der Waals surface area contributed by atoms with Crippen molar-refractivity contribution in [3.05, 3.63) is 34.1 Å². The van der Waals surface area contributed by atoms with Crippen molar-refractivity contribution in [1.29, 1.82) is 0 Å². The third-order valence-electron chi connectivity index (χ3n) is 2.02. The lowest BCUT2D eigenvalue weighted by Gasteiger charge is -2.12. The van der Waals surface area contributed by atoms with Crippen molar-refractivity contribution >= 4 is 27.7 Å². The standard InChI is InChI=1S/C12H16BrFOS/c1-8(2)16-7-12(15)5-9-3-10(13)6-11(14)4-9/h3-4,6,8,12,15H,5,7H2,1-2H3. The van der Waals surface area contributed by atoms with E-state index in [1.807, 2.05) is 6.07 Å². The van der Waals surface area contributed by atoms with Crippen molar-refractivity contribution in [1.82, 2.24) is 0 Å². The van der Waals surface area contributed by atoms with Crippen LogP contribution in [0, 0.1) is 5.82 Å². The van der Waals surface area contributed by atoms with E-state index in [4.69, 9.17) is 0 Å². The second-order valence-electron chi connectivity index (χ2n) is 4.02. The first kappa shape index (κ1) is 14.0. The van der Waals surface area contributed by atoms with Gasteiger partial charge in [0, 0.05) is 10.2 Å². The van der Waals surface area contributed by atoms with Gasteiger partial charge in [0.25, 0.3) is 0 Å². The van der Waals surface area contributed by atoms with Crippen LogP contribution in [0.1, 0.15) is 19.4 Å². The molecule has 0 aliphatic heterocycles. The summed E-state index contributed by atoms with van der Waals surface area (Å²) >= 11 is 4.95. The van der Waals surface area contributed by atoms with Crippen LogP contribution in [-0.4, -0.2) is 22.2 Å². The van der Waals surface area contributed by atoms with Crippen LogP contribution in [0.4, 0.5) is 4.39 Å². The SMILES string of the molecule is CC(C)SCC(O)Cc1cc(F)cc(Br)c1. The maximum atomic E-state index is 13.1. The van der Waals surface area contributed by atoms with Gasteiger partial charge in [-0.25, -0.2) is 4.39 Å². The lowest BCUT2D eigenvalue weighted by Crippen LogP contribution is -2.15. The molecule has 0 saturated heterocycles. The summed E-state index contributed by atoms with van der Waals surface area (Å²) in [6.07, 6.45) is 0.0805. The second kappa shape index (κ2) is 6.62. The van der Waals surface area contributed by atoms with Gasteiger partial charge in [-0.15, -0.1) is 0 Å². The molecular weight excluding hydrogens is 291 g/mol. The molecule has 0 heterocycles. The van der Waals surface area contributed by atoms with Gasteiger partial charge in [0.2, 0.25) is 0 Å². The largest absolute Gasteiger partial charge is 0.392 e. The van der Waals surface area contributed by atoms with E-state index in [0.717, 1.165) is 5.56 Å². The molecule has 1 rings (SSSR count). The minimum absolute atomic E-state index is 0.270. The van der Waals surface area contributed by atoms with Crippen molar-refractivity contribution < 1.29 is 9.50 Å². The first-order valence-electron chi connectivity index (χ1n) is 5.22. The molecule has 1 nitrogen and oxygen atoms in total. The molecule has 0 aromatic heterocycles. The Morgan fingerprint density at radius 2 is 2.06 bits per heavy atom. The first-order valence-corrected chi connectivity index (χ1v) is 7.06. The van der Waals surface area contributed by atoms with Crippen LogP contribution in [0.2, 0.25) is 0 Å². The van der Waals surface area contributed by atoms with Gasteiger partial charge in [-0.2, -0.15) is 11.8 Å². The number of thioether (sulfide) groups is 1. The second-order valence-corrected chi connectivity index (χ2v) is 6.54. The minimum Gasteiger partial charge on any atom is -0.392 e. The van der Waals surface area contributed by atoms with Gasteiger partial charge >= 0.3 is 0 Å². The number of rotatable bonds is 5. The Kier molecular flexibility index (Phi) is 5.79. The summed E-state index contributed by atoms with van der Waals surface area (Å²) in [5.74, 6) is 0.416. The lowest BCUT2D eigenvalue weighted by molar-refractivity contribution is 0.200. The summed E-state index contributed by atoms with van der Waals surface area (Å²) in [5.41, 5.74) is 0.823. The van der Waals surface area contributed by atoms with Crippen LogP contribution in [0.5, 0.6) is 0 Å². The smallest absolute Gasteiger partial charge is 0.124 e. The summed E-state index contributed by atoms with van der Waals surface area (Å²) in [6, 6.07) is 4.72. The average Bonchev–Trinajstić information content (AvgIpc) is 2.12. The van der Waals surface area contributed by atoms with Crippen LogP contribution >= 0.6 is 27.7 Å². The monoisotopic (exact) mass is 306 g/mol. The van der Waals surface area contributed by atoms with Gasteiger partial charge in [0.15, 0.2) is 0 Å². The zero-order valence-corrected chi connectivity index (χ0v) is 11.8. The topological polar surface area (TPSA) is 20.2 Å². The van der Waals surface area contributed by atoms with E-state index in [2.05, 4.69) is 29.8 Å². The van der Waals surface area contributed by atoms with E-state index in [1.165, 1.54) is 12.1 Å². The van der Waals surface area contributed by atoms with E-state index < -0.39 is 6.10 Å². The summed E-state index contributed by atoms with van der Waals surface area (Å²) in [7, 11) is 0. The van der Waals surface area contributed by atoms with Crippen LogP contribution in [0.3, 0.4) is 0 Å². The Morgan fingerprint density at radius 3 is 2.62 bits per heavy atom. The first-order chi connectivity index (χ1) is 7.47. The Balaban J connectivity index is 2.52. The zero-order valence-electron chi connectivity index (χ0n) is 9.41. The number of aliphatic hydroxyl groups is 1. The Hall–Kier alpha value is -0.0600. The molecule has 0 aliphatic rings. The Bertz CT molecular complexity index is 324. The molecule has 0 spiro atoms. The van der Waals surface area contributed by atoms with Gasteiger partial charge in [0.1, 0.15) is 5.82 Å². The van der Waals surface area contributed by atoms with E-state index in [1.54, 1.807) is 11.8 Å². The van der Waals surface area contributed by atoms with Crippen LogP contribution in [0.15, 0.2) is 22.7 Å². The highest BCUT2D eigenvalue weighted by atomic mass is 79.9. The molecule has 1 aromatic rings. The van der Waals surface area contributed by atoms with E-state index >= 15 is 0 Å². The number of hydrogen-bond donors (Lipinski definition) is 1. The van der Waals surface area contributed by atoms with Crippen LogP contribution in [-0.2, 0) is 6.42 Å². The number of aliphatic hydroxyl groups excluding tert-OH is 1. The Labute approximate surface area is 109 Å². The maximum Gasteiger partial charge on any atom is 0.124 e. The van der Waals surface area contributed by atoms with Gasteiger partial charge in [-0.1, -0.05) is 29.8 Å². The lowest BCUT2D eigenvalue weighted by atomic mass is 10.1. The van der Waals surface area contributed by atoms with Gasteiger partial charge in [-0.3, -0.25) is 0 Å². The molecule has 0 radical (unpaired) electrons. The van der Waals surface area contributed by atoms with Gasteiger partial charge in [-0.05, 0) is 35.4 Å². The molecule has 16 heavy (non-hydrogen) atoms. The molecule has 1 atom stereocenters. The average molecular weight is 307 g/mol. The summed E-state index contributed by atoms with van der Waals surface area (Å²) in [5, 5.41) is 10.3. The van der Waals surface area contributed by atoms with Gasteiger partial charge in [0.05, 0.1) is 6.10 Å². The molecule has 1 N–H and O–H groups in total. The Morgan fingerprint density at radius 1 is 1.38 bits per heavy atom. The predicted octanol–water partition coefficient (Wildman–Crippen LogP) is 3.63. The fraction of sp³-hybridized carbons (Fsp3) is 0.500. The van der Waals surface area contributed by atoms with Crippen molar-refractivity contribution in [3.63, 3.8) is 0 Å². The zero-order chi connectivity index (χ0) is 12.1. The molecule has 0 bridgehead atoms. The third kappa shape index (κ3) is 5.32. The number of hydrogen-bond acceptors (Lipinski definition) is 2. The van der Waals surface area contributed by atoms with E-state index in [9.17, 15) is 9.50 Å². The number of halogens is 2. The van der Waals surface area contributed by atoms with Crippen LogP contribution < -0.4 is 0 Å². The molecule has 90 valence electrons. The fourth-order valence-electron chi connectivity index (χ4n) is 1.36. The molecule has 0 amide bonds. The normalized spacial score (nSPS) is 13.1. The van der Waals surface area contributed by atoms with Gasteiger partial charge < -0.3 is 5.11 Å². The molecule has 0 aliphatic carbocycles. The summed E-state index contributed by atoms with van der Waals surface area (Å²) in [6.45, 7) is 4.19. The summed E-state index contributed by atoms with van der Waals surface area (Å²) < 4.78 is 13.8. The van der Waals surface area contributed by atoms with Crippen LogP contribution in [0.25, 0.3) is 0 Å². The number of benzene rings is 1. The minimum atomic E-state index is -0.416. The highest BCUT2D eigenvalue weighted by Crippen LogP contribution is 2.18. The molecule has 4 heteroatoms. The van der Waals surface area contributed by atoms with Crippen molar-refractivity contribution in [2.75, 3.05) is 5.75 Å². The predicted molar refractivity (Wildman–Crippen MR) is 71.4 cm³/mol. The van der Waals surface area contributed by atoms with Crippen molar-refractivity contribution in [2.24, 2.45) is 0 Å².